The van der Waals surface area contributed by atoms with Crippen molar-refractivity contribution < 1.29 is 0 Å². The smallest absolute Gasteiger partial charge is 0.0887 e. The van der Waals surface area contributed by atoms with Gasteiger partial charge in [-0.05, 0) is 60.2 Å². The lowest BCUT2D eigenvalue weighted by Gasteiger charge is -2.13. The standard InChI is InChI=1S/C43H27N5/c1-3-15-40-32(12-1)34-18-21-37-36(42(34)47(40)30-11-7-9-28(25-30)29-10-8-23-44-26-29)20-19-35-33-13-2-4-16-41(33)48(43(35)37)31-17-22-39(46-27-31)38-14-5-6-24-45-38/h1-27H. The average molecular weight is 614 g/mol. The fourth-order valence-corrected chi connectivity index (χ4v) is 7.40. The molecule has 5 nitrogen and oxygen atoms in total. The second-order valence-electron chi connectivity index (χ2n) is 12.1. The minimum absolute atomic E-state index is 0.852. The summed E-state index contributed by atoms with van der Waals surface area (Å²) in [5.41, 5.74) is 10.8. The van der Waals surface area contributed by atoms with Crippen LogP contribution in [0, 0.1) is 0 Å². The topological polar surface area (TPSA) is 48.5 Å². The number of hydrogen-bond acceptors (Lipinski definition) is 3. The summed E-state index contributed by atoms with van der Waals surface area (Å²) in [4.78, 5) is 13.8. The number of fused-ring (bicyclic) bond motifs is 9. The summed E-state index contributed by atoms with van der Waals surface area (Å²) >= 11 is 0. The van der Waals surface area contributed by atoms with E-state index in [0.717, 1.165) is 39.4 Å². The summed E-state index contributed by atoms with van der Waals surface area (Å²) in [6.45, 7) is 0. The van der Waals surface area contributed by atoms with E-state index in [1.165, 1.54) is 48.9 Å². The molecule has 0 aliphatic heterocycles. The Morgan fingerprint density at radius 2 is 1.00 bits per heavy atom. The number of aromatic nitrogens is 5. The molecule has 5 aromatic heterocycles. The van der Waals surface area contributed by atoms with Crippen LogP contribution in [0.1, 0.15) is 0 Å². The first-order valence-electron chi connectivity index (χ1n) is 16.1. The molecule has 0 N–H and O–H groups in total. The quantitative estimate of drug-likeness (QED) is 0.198. The van der Waals surface area contributed by atoms with E-state index in [2.05, 4.69) is 134 Å². The van der Waals surface area contributed by atoms with Gasteiger partial charge < -0.3 is 9.13 Å². The normalized spacial score (nSPS) is 11.8. The Kier molecular flexibility index (Phi) is 5.81. The van der Waals surface area contributed by atoms with Gasteiger partial charge in [-0.25, -0.2) is 0 Å². The Labute approximate surface area is 276 Å². The molecule has 48 heavy (non-hydrogen) atoms. The minimum atomic E-state index is 0.852. The van der Waals surface area contributed by atoms with Crippen LogP contribution in [0.3, 0.4) is 0 Å². The number of rotatable bonds is 4. The van der Waals surface area contributed by atoms with Crippen molar-refractivity contribution >= 4 is 54.4 Å². The highest BCUT2D eigenvalue weighted by molar-refractivity contribution is 6.26. The van der Waals surface area contributed by atoms with Crippen molar-refractivity contribution in [1.82, 2.24) is 24.1 Å². The summed E-state index contributed by atoms with van der Waals surface area (Å²) in [5.74, 6) is 0. The Hall–Kier alpha value is -6.59. The van der Waals surface area contributed by atoms with Crippen molar-refractivity contribution in [2.75, 3.05) is 0 Å². The summed E-state index contributed by atoms with van der Waals surface area (Å²) in [5, 5.41) is 7.28. The molecule has 224 valence electrons. The molecule has 0 atom stereocenters. The van der Waals surface area contributed by atoms with Gasteiger partial charge in [0, 0.05) is 62.2 Å². The van der Waals surface area contributed by atoms with Gasteiger partial charge >= 0.3 is 0 Å². The van der Waals surface area contributed by atoms with Crippen molar-refractivity contribution in [2.24, 2.45) is 0 Å². The molecule has 0 aliphatic carbocycles. The van der Waals surface area contributed by atoms with Gasteiger partial charge in [-0.1, -0.05) is 84.9 Å². The van der Waals surface area contributed by atoms with Crippen LogP contribution in [0.5, 0.6) is 0 Å². The third kappa shape index (κ3) is 3.94. The van der Waals surface area contributed by atoms with Crippen LogP contribution in [-0.4, -0.2) is 24.1 Å². The molecule has 10 rings (SSSR count). The van der Waals surface area contributed by atoms with Gasteiger partial charge in [0.1, 0.15) is 0 Å². The predicted molar refractivity (Wildman–Crippen MR) is 197 cm³/mol. The van der Waals surface area contributed by atoms with E-state index in [1.54, 1.807) is 6.20 Å². The fourth-order valence-electron chi connectivity index (χ4n) is 7.40. The molecule has 0 radical (unpaired) electrons. The molecule has 5 aromatic carbocycles. The highest BCUT2D eigenvalue weighted by Crippen LogP contribution is 2.42. The predicted octanol–water partition coefficient (Wildman–Crippen LogP) is 10.6. The maximum Gasteiger partial charge on any atom is 0.0887 e. The summed E-state index contributed by atoms with van der Waals surface area (Å²) < 4.78 is 4.79. The summed E-state index contributed by atoms with van der Waals surface area (Å²) in [7, 11) is 0. The molecular formula is C43H27N5. The molecular weight excluding hydrogens is 587 g/mol. The molecule has 0 spiro atoms. The van der Waals surface area contributed by atoms with E-state index in [1.807, 2.05) is 42.9 Å². The molecule has 0 fully saturated rings. The number of pyridine rings is 3. The molecule has 0 aliphatic rings. The number of nitrogens with zero attached hydrogens (tertiary/aromatic N) is 5. The van der Waals surface area contributed by atoms with Crippen molar-refractivity contribution in [1.29, 1.82) is 0 Å². The zero-order valence-corrected chi connectivity index (χ0v) is 25.8. The zero-order chi connectivity index (χ0) is 31.6. The molecule has 0 amide bonds. The summed E-state index contributed by atoms with van der Waals surface area (Å²) in [6, 6.07) is 49.6. The van der Waals surface area contributed by atoms with Crippen LogP contribution < -0.4 is 0 Å². The first-order valence-corrected chi connectivity index (χ1v) is 16.1. The minimum Gasteiger partial charge on any atom is -0.309 e. The molecule has 0 saturated heterocycles. The maximum atomic E-state index is 4.87. The van der Waals surface area contributed by atoms with Crippen LogP contribution in [0.25, 0.3) is 88.3 Å². The van der Waals surface area contributed by atoms with Crippen molar-refractivity contribution in [3.05, 3.63) is 164 Å². The monoisotopic (exact) mass is 613 g/mol. The fraction of sp³-hybridized carbons (Fsp3) is 0. The first kappa shape index (κ1) is 26.6. The lowest BCUT2D eigenvalue weighted by molar-refractivity contribution is 1.14. The van der Waals surface area contributed by atoms with E-state index >= 15 is 0 Å². The molecule has 10 aromatic rings. The maximum absolute atomic E-state index is 4.87. The highest BCUT2D eigenvalue weighted by atomic mass is 15.0. The van der Waals surface area contributed by atoms with Crippen molar-refractivity contribution in [3.8, 4) is 33.9 Å². The SMILES string of the molecule is c1ccc(-c2ccc(-n3c4ccccc4c4ccc5c(ccc6c7ccccc7n(-c7cccc(-c8cccnc8)c7)c65)c43)cn2)nc1. The summed E-state index contributed by atoms with van der Waals surface area (Å²) in [6.07, 6.45) is 7.51. The zero-order valence-electron chi connectivity index (χ0n) is 25.8. The number of hydrogen-bond donors (Lipinski definition) is 0. The second kappa shape index (κ2) is 10.5. The van der Waals surface area contributed by atoms with Crippen LogP contribution >= 0.6 is 0 Å². The van der Waals surface area contributed by atoms with Crippen LogP contribution in [0.4, 0.5) is 0 Å². The van der Waals surface area contributed by atoms with Crippen LogP contribution in [0.2, 0.25) is 0 Å². The van der Waals surface area contributed by atoms with Crippen LogP contribution in [-0.2, 0) is 0 Å². The van der Waals surface area contributed by atoms with Crippen molar-refractivity contribution in [2.45, 2.75) is 0 Å². The lowest BCUT2D eigenvalue weighted by Crippen LogP contribution is -1.98. The van der Waals surface area contributed by atoms with E-state index in [0.29, 0.717) is 0 Å². The lowest BCUT2D eigenvalue weighted by atomic mass is 10.0. The molecule has 0 bridgehead atoms. The van der Waals surface area contributed by atoms with Gasteiger partial charge in [-0.3, -0.25) is 15.0 Å². The van der Waals surface area contributed by atoms with E-state index in [-0.39, 0.29) is 0 Å². The van der Waals surface area contributed by atoms with Gasteiger partial charge in [0.05, 0.1) is 45.3 Å². The highest BCUT2D eigenvalue weighted by Gasteiger charge is 2.20. The van der Waals surface area contributed by atoms with Gasteiger partial charge in [0.2, 0.25) is 0 Å². The number of benzene rings is 5. The number of para-hydroxylation sites is 2. The Morgan fingerprint density at radius 1 is 0.375 bits per heavy atom. The third-order valence-corrected chi connectivity index (χ3v) is 9.49. The largest absolute Gasteiger partial charge is 0.309 e. The average Bonchev–Trinajstić information content (AvgIpc) is 3.69. The Balaban J connectivity index is 1.28. The molecule has 0 unspecified atom stereocenters. The molecule has 5 heteroatoms. The molecule has 5 heterocycles. The van der Waals surface area contributed by atoms with Crippen LogP contribution in [0.15, 0.2) is 164 Å². The van der Waals surface area contributed by atoms with E-state index < -0.39 is 0 Å². The van der Waals surface area contributed by atoms with Gasteiger partial charge in [-0.15, -0.1) is 0 Å². The van der Waals surface area contributed by atoms with Crippen molar-refractivity contribution in [3.63, 3.8) is 0 Å². The van der Waals surface area contributed by atoms with E-state index in [4.69, 9.17) is 4.98 Å². The van der Waals surface area contributed by atoms with Gasteiger partial charge in [0.25, 0.3) is 0 Å². The third-order valence-electron chi connectivity index (χ3n) is 9.49. The van der Waals surface area contributed by atoms with E-state index in [9.17, 15) is 0 Å². The molecule has 0 saturated carbocycles. The Bertz CT molecular complexity index is 2810. The Morgan fingerprint density at radius 3 is 1.62 bits per heavy atom. The van der Waals surface area contributed by atoms with Gasteiger partial charge in [0.15, 0.2) is 0 Å². The first-order chi connectivity index (χ1) is 23.8. The second-order valence-corrected chi connectivity index (χ2v) is 12.1. The van der Waals surface area contributed by atoms with Gasteiger partial charge in [-0.2, -0.15) is 0 Å².